The van der Waals surface area contributed by atoms with E-state index in [1.54, 1.807) is 6.20 Å². The Bertz CT molecular complexity index is 258. The van der Waals surface area contributed by atoms with Crippen LogP contribution in [0.4, 0.5) is 0 Å². The summed E-state index contributed by atoms with van der Waals surface area (Å²) in [6, 6.07) is 0. The second kappa shape index (κ2) is 6.09. The number of ether oxygens (including phenoxy) is 2. The summed E-state index contributed by atoms with van der Waals surface area (Å²) in [6.45, 7) is 3.79. The maximum absolute atomic E-state index is 5.36. The first kappa shape index (κ1) is 10.6. The van der Waals surface area contributed by atoms with Gasteiger partial charge in [0.15, 0.2) is 0 Å². The van der Waals surface area contributed by atoms with Crippen LogP contribution in [-0.2, 0) is 4.74 Å². The van der Waals surface area contributed by atoms with Gasteiger partial charge in [0, 0.05) is 12.8 Å². The summed E-state index contributed by atoms with van der Waals surface area (Å²) in [4.78, 5) is 7.84. The monoisotopic (exact) mass is 294 g/mol. The predicted octanol–water partition coefficient (Wildman–Crippen LogP) is 1.50. The molecule has 0 aromatic carbocycles. The first-order chi connectivity index (χ1) is 6.34. The smallest absolute Gasteiger partial charge is 0.230 e. The zero-order valence-corrected chi connectivity index (χ0v) is 9.52. The Kier molecular flexibility index (Phi) is 4.99. The van der Waals surface area contributed by atoms with Gasteiger partial charge >= 0.3 is 0 Å². The van der Waals surface area contributed by atoms with E-state index in [2.05, 4.69) is 32.6 Å². The zero-order valence-electron chi connectivity index (χ0n) is 7.36. The minimum Gasteiger partial charge on any atom is -0.474 e. The maximum atomic E-state index is 5.36. The van der Waals surface area contributed by atoms with Crippen molar-refractivity contribution in [2.45, 2.75) is 6.92 Å². The number of halogens is 1. The second-order valence-corrected chi connectivity index (χ2v) is 3.38. The number of hydrogen-bond donors (Lipinski definition) is 0. The van der Waals surface area contributed by atoms with Gasteiger partial charge in [-0.25, -0.2) is 9.97 Å². The maximum Gasteiger partial charge on any atom is 0.230 e. The lowest BCUT2D eigenvalue weighted by Gasteiger charge is -2.05. The molecule has 0 aliphatic heterocycles. The van der Waals surface area contributed by atoms with Crippen molar-refractivity contribution in [3.63, 3.8) is 0 Å². The van der Waals surface area contributed by atoms with E-state index in [4.69, 9.17) is 9.47 Å². The highest BCUT2D eigenvalue weighted by molar-refractivity contribution is 14.1. The molecule has 0 saturated heterocycles. The number of aromatic nitrogens is 2. The van der Waals surface area contributed by atoms with Crippen LogP contribution in [0.2, 0.25) is 0 Å². The molecule has 0 spiro atoms. The highest BCUT2D eigenvalue weighted by Gasteiger charge is 2.00. The molecule has 0 aliphatic carbocycles. The van der Waals surface area contributed by atoms with Gasteiger partial charge in [0.25, 0.3) is 0 Å². The largest absolute Gasteiger partial charge is 0.474 e. The van der Waals surface area contributed by atoms with E-state index < -0.39 is 0 Å². The Balaban J connectivity index is 2.32. The molecule has 1 aromatic heterocycles. The Hall–Kier alpha value is -0.430. The average Bonchev–Trinajstić information content (AvgIpc) is 2.15. The fourth-order valence-corrected chi connectivity index (χ4v) is 1.21. The van der Waals surface area contributed by atoms with Crippen molar-refractivity contribution in [2.75, 3.05) is 19.8 Å². The van der Waals surface area contributed by atoms with E-state index in [-0.39, 0.29) is 0 Å². The summed E-state index contributed by atoms with van der Waals surface area (Å²) in [5.41, 5.74) is 0. The van der Waals surface area contributed by atoms with E-state index >= 15 is 0 Å². The quantitative estimate of drug-likeness (QED) is 0.610. The minimum absolute atomic E-state index is 0.529. The van der Waals surface area contributed by atoms with Gasteiger partial charge in [0.1, 0.15) is 12.9 Å². The topological polar surface area (TPSA) is 44.2 Å². The van der Waals surface area contributed by atoms with Gasteiger partial charge in [-0.2, -0.15) is 0 Å². The first-order valence-electron chi connectivity index (χ1n) is 4.00. The van der Waals surface area contributed by atoms with Crippen LogP contribution < -0.4 is 4.74 Å². The molecule has 0 fully saturated rings. The zero-order chi connectivity index (χ0) is 9.52. The molecule has 0 aliphatic rings. The fraction of sp³-hybridized carbons (Fsp3) is 0.500. The van der Waals surface area contributed by atoms with Gasteiger partial charge in [-0.1, -0.05) is 0 Å². The van der Waals surface area contributed by atoms with Crippen LogP contribution in [0.1, 0.15) is 6.92 Å². The third kappa shape index (κ3) is 3.86. The number of nitrogens with zero attached hydrogens (tertiary/aromatic N) is 2. The van der Waals surface area contributed by atoms with Crippen molar-refractivity contribution in [3.05, 3.63) is 16.1 Å². The third-order valence-corrected chi connectivity index (χ3v) is 2.04. The Morgan fingerprint density at radius 1 is 1.46 bits per heavy atom. The molecule has 5 heteroatoms. The summed E-state index contributed by atoms with van der Waals surface area (Å²) in [7, 11) is 0. The summed E-state index contributed by atoms with van der Waals surface area (Å²) in [5, 5.41) is 0. The number of hydrogen-bond acceptors (Lipinski definition) is 4. The third-order valence-electron chi connectivity index (χ3n) is 1.30. The molecule has 1 rings (SSSR count). The minimum atomic E-state index is 0.529. The first-order valence-corrected chi connectivity index (χ1v) is 5.08. The average molecular weight is 294 g/mol. The van der Waals surface area contributed by atoms with Crippen LogP contribution in [-0.4, -0.2) is 29.8 Å². The van der Waals surface area contributed by atoms with Crippen molar-refractivity contribution in [1.82, 2.24) is 9.97 Å². The molecular weight excluding hydrogens is 283 g/mol. The fourth-order valence-electron chi connectivity index (χ4n) is 0.749. The van der Waals surface area contributed by atoms with Crippen LogP contribution in [0, 0.1) is 3.57 Å². The SMILES string of the molecule is CCOCCOc1ncncc1I. The molecule has 0 radical (unpaired) electrons. The van der Waals surface area contributed by atoms with E-state index in [9.17, 15) is 0 Å². The molecule has 1 heterocycles. The molecule has 13 heavy (non-hydrogen) atoms. The highest BCUT2D eigenvalue weighted by atomic mass is 127. The second-order valence-electron chi connectivity index (χ2n) is 2.22. The molecule has 4 nitrogen and oxygen atoms in total. The molecule has 1 aromatic rings. The van der Waals surface area contributed by atoms with Crippen LogP contribution in [0.15, 0.2) is 12.5 Å². The van der Waals surface area contributed by atoms with Crippen molar-refractivity contribution >= 4 is 22.6 Å². The summed E-state index contributed by atoms with van der Waals surface area (Å²) in [5.74, 6) is 0.621. The van der Waals surface area contributed by atoms with Gasteiger partial charge in [-0.05, 0) is 29.5 Å². The van der Waals surface area contributed by atoms with Crippen LogP contribution in [0.25, 0.3) is 0 Å². The Labute approximate surface area is 90.8 Å². The van der Waals surface area contributed by atoms with Gasteiger partial charge in [-0.15, -0.1) is 0 Å². The summed E-state index contributed by atoms with van der Waals surface area (Å²) < 4.78 is 11.4. The predicted molar refractivity (Wildman–Crippen MR) is 56.7 cm³/mol. The Morgan fingerprint density at radius 3 is 3.00 bits per heavy atom. The van der Waals surface area contributed by atoms with E-state index in [0.717, 1.165) is 3.57 Å². The molecule has 0 amide bonds. The van der Waals surface area contributed by atoms with Gasteiger partial charge in [0.05, 0.1) is 10.2 Å². The molecule has 72 valence electrons. The van der Waals surface area contributed by atoms with E-state index in [0.29, 0.717) is 25.7 Å². The standard InChI is InChI=1S/C8H11IN2O2/c1-2-12-3-4-13-8-7(9)5-10-6-11-8/h5-6H,2-4H2,1H3. The van der Waals surface area contributed by atoms with E-state index in [1.165, 1.54) is 6.33 Å². The highest BCUT2D eigenvalue weighted by Crippen LogP contribution is 2.14. The molecule has 0 N–H and O–H groups in total. The van der Waals surface area contributed by atoms with Crippen LogP contribution in [0.3, 0.4) is 0 Å². The lowest BCUT2D eigenvalue weighted by Crippen LogP contribution is -2.08. The molecular formula is C8H11IN2O2. The Morgan fingerprint density at radius 2 is 2.31 bits per heavy atom. The van der Waals surface area contributed by atoms with Crippen molar-refractivity contribution in [3.8, 4) is 5.88 Å². The van der Waals surface area contributed by atoms with Gasteiger partial charge in [0.2, 0.25) is 5.88 Å². The van der Waals surface area contributed by atoms with Crippen LogP contribution >= 0.6 is 22.6 Å². The molecule has 0 unspecified atom stereocenters. The van der Waals surface area contributed by atoms with Gasteiger partial charge < -0.3 is 9.47 Å². The van der Waals surface area contributed by atoms with Crippen molar-refractivity contribution in [2.24, 2.45) is 0 Å². The van der Waals surface area contributed by atoms with Crippen molar-refractivity contribution in [1.29, 1.82) is 0 Å². The van der Waals surface area contributed by atoms with Gasteiger partial charge in [-0.3, -0.25) is 0 Å². The molecule has 0 saturated carbocycles. The van der Waals surface area contributed by atoms with E-state index in [1.807, 2.05) is 6.92 Å². The van der Waals surface area contributed by atoms with Crippen molar-refractivity contribution < 1.29 is 9.47 Å². The van der Waals surface area contributed by atoms with Crippen LogP contribution in [0.5, 0.6) is 5.88 Å². The lowest BCUT2D eigenvalue weighted by molar-refractivity contribution is 0.108. The normalized spacial score (nSPS) is 10.0. The summed E-state index contributed by atoms with van der Waals surface area (Å²) in [6.07, 6.45) is 3.18. The lowest BCUT2D eigenvalue weighted by atomic mass is 10.6. The molecule has 0 atom stereocenters. The molecule has 0 bridgehead atoms. The summed E-state index contributed by atoms with van der Waals surface area (Å²) >= 11 is 2.13. The number of rotatable bonds is 5.